The first-order valence-electron chi connectivity index (χ1n) is 5.24. The van der Waals surface area contributed by atoms with Crippen LogP contribution >= 0.6 is 0 Å². The van der Waals surface area contributed by atoms with Gasteiger partial charge in [-0.1, -0.05) is 6.07 Å². The normalized spacial score (nSPS) is 10.4. The van der Waals surface area contributed by atoms with Crippen LogP contribution in [0.3, 0.4) is 0 Å². The highest BCUT2D eigenvalue weighted by atomic mass is 16.5. The van der Waals surface area contributed by atoms with Crippen LogP contribution in [0, 0.1) is 13.8 Å². The van der Waals surface area contributed by atoms with Gasteiger partial charge in [0.25, 0.3) is 0 Å². The van der Waals surface area contributed by atoms with Crippen LogP contribution in [0.1, 0.15) is 16.7 Å². The van der Waals surface area contributed by atoms with Crippen molar-refractivity contribution in [3.63, 3.8) is 0 Å². The van der Waals surface area contributed by atoms with Gasteiger partial charge >= 0.3 is 0 Å². The van der Waals surface area contributed by atoms with Gasteiger partial charge in [0.15, 0.2) is 0 Å². The molecule has 3 N–H and O–H groups in total. The fraction of sp³-hybridized carbons (Fsp3) is 0.500. The molecule has 3 nitrogen and oxygen atoms in total. The van der Waals surface area contributed by atoms with E-state index >= 15 is 0 Å². The zero-order valence-electron chi connectivity index (χ0n) is 9.76. The van der Waals surface area contributed by atoms with E-state index in [9.17, 15) is 0 Å². The minimum absolute atomic E-state index is 0.536. The van der Waals surface area contributed by atoms with Gasteiger partial charge in [0.1, 0.15) is 5.75 Å². The Morgan fingerprint density at radius 2 is 2.00 bits per heavy atom. The largest absolute Gasteiger partial charge is 0.496 e. The van der Waals surface area contributed by atoms with Crippen molar-refractivity contribution < 1.29 is 4.74 Å². The summed E-state index contributed by atoms with van der Waals surface area (Å²) >= 11 is 0. The third-order valence-electron chi connectivity index (χ3n) is 2.57. The molecule has 0 spiro atoms. The first kappa shape index (κ1) is 12.0. The summed E-state index contributed by atoms with van der Waals surface area (Å²) in [5.74, 6) is 0.961. The molecule has 0 radical (unpaired) electrons. The Balaban J connectivity index is 2.76. The van der Waals surface area contributed by atoms with Crippen LogP contribution in [0.5, 0.6) is 5.75 Å². The van der Waals surface area contributed by atoms with E-state index in [2.05, 4.69) is 31.3 Å². The Labute approximate surface area is 91.6 Å². The fourth-order valence-electron chi connectivity index (χ4n) is 1.66. The van der Waals surface area contributed by atoms with E-state index in [0.29, 0.717) is 6.67 Å². The molecule has 1 aromatic carbocycles. The van der Waals surface area contributed by atoms with Crippen molar-refractivity contribution in [1.29, 1.82) is 0 Å². The Kier molecular flexibility index (Phi) is 4.59. The smallest absolute Gasteiger partial charge is 0.122 e. The summed E-state index contributed by atoms with van der Waals surface area (Å²) in [6.07, 6.45) is 1.01. The average Bonchev–Trinajstić information content (AvgIpc) is 2.23. The highest BCUT2D eigenvalue weighted by Gasteiger charge is 2.04. The van der Waals surface area contributed by atoms with Crippen molar-refractivity contribution in [2.24, 2.45) is 5.73 Å². The quantitative estimate of drug-likeness (QED) is 0.567. The predicted octanol–water partition coefficient (Wildman–Crippen LogP) is 1.36. The minimum Gasteiger partial charge on any atom is -0.496 e. The van der Waals surface area contributed by atoms with Gasteiger partial charge in [-0.2, -0.15) is 0 Å². The van der Waals surface area contributed by atoms with E-state index in [4.69, 9.17) is 10.5 Å². The topological polar surface area (TPSA) is 47.3 Å². The lowest BCUT2D eigenvalue weighted by atomic mass is 10.0. The summed E-state index contributed by atoms with van der Waals surface area (Å²) in [6.45, 7) is 5.63. The first-order chi connectivity index (χ1) is 7.19. The summed E-state index contributed by atoms with van der Waals surface area (Å²) in [5.41, 5.74) is 9.19. The molecule has 0 aliphatic rings. The summed E-state index contributed by atoms with van der Waals surface area (Å²) < 4.78 is 5.27. The van der Waals surface area contributed by atoms with Gasteiger partial charge < -0.3 is 15.8 Å². The Morgan fingerprint density at radius 1 is 1.27 bits per heavy atom. The molecule has 0 aliphatic carbocycles. The van der Waals surface area contributed by atoms with Gasteiger partial charge in [-0.3, -0.25) is 0 Å². The molecular weight excluding hydrogens is 188 g/mol. The van der Waals surface area contributed by atoms with Gasteiger partial charge in [-0.25, -0.2) is 0 Å². The van der Waals surface area contributed by atoms with Crippen LogP contribution in [0.4, 0.5) is 0 Å². The van der Waals surface area contributed by atoms with E-state index in [1.165, 1.54) is 16.7 Å². The average molecular weight is 208 g/mol. The van der Waals surface area contributed by atoms with Crippen LogP contribution in [-0.2, 0) is 6.42 Å². The summed E-state index contributed by atoms with van der Waals surface area (Å²) in [4.78, 5) is 0. The number of nitrogens with one attached hydrogen (secondary N) is 1. The second-order valence-corrected chi connectivity index (χ2v) is 3.70. The second kappa shape index (κ2) is 5.73. The van der Waals surface area contributed by atoms with Crippen molar-refractivity contribution in [1.82, 2.24) is 5.32 Å². The monoisotopic (exact) mass is 208 g/mol. The van der Waals surface area contributed by atoms with Crippen LogP contribution in [0.15, 0.2) is 12.1 Å². The first-order valence-corrected chi connectivity index (χ1v) is 5.24. The van der Waals surface area contributed by atoms with E-state index in [-0.39, 0.29) is 0 Å². The summed E-state index contributed by atoms with van der Waals surface area (Å²) in [7, 11) is 1.71. The lowest BCUT2D eigenvalue weighted by molar-refractivity contribution is 0.411. The minimum atomic E-state index is 0.536. The van der Waals surface area contributed by atoms with Crippen LogP contribution < -0.4 is 15.8 Å². The molecule has 0 atom stereocenters. The molecule has 0 fully saturated rings. The van der Waals surface area contributed by atoms with Crippen molar-refractivity contribution in [2.45, 2.75) is 20.3 Å². The molecule has 0 saturated carbocycles. The van der Waals surface area contributed by atoms with Gasteiger partial charge in [-0.05, 0) is 43.0 Å². The van der Waals surface area contributed by atoms with Gasteiger partial charge in [-0.15, -0.1) is 0 Å². The Morgan fingerprint density at radius 3 is 2.60 bits per heavy atom. The molecule has 0 bridgehead atoms. The van der Waals surface area contributed by atoms with Crippen LogP contribution in [0.2, 0.25) is 0 Å². The van der Waals surface area contributed by atoms with E-state index in [1.807, 2.05) is 0 Å². The SMILES string of the molecule is COc1cc(C)c(CCNCN)cc1C. The number of nitrogens with two attached hydrogens (primary N) is 1. The molecule has 0 saturated heterocycles. The molecule has 84 valence electrons. The number of hydrogen-bond acceptors (Lipinski definition) is 3. The van der Waals surface area contributed by atoms with E-state index < -0.39 is 0 Å². The number of hydrogen-bond donors (Lipinski definition) is 2. The van der Waals surface area contributed by atoms with E-state index in [1.54, 1.807) is 7.11 Å². The van der Waals surface area contributed by atoms with Gasteiger partial charge in [0, 0.05) is 13.2 Å². The van der Waals surface area contributed by atoms with E-state index in [0.717, 1.165) is 18.7 Å². The molecule has 1 aromatic rings. The second-order valence-electron chi connectivity index (χ2n) is 3.70. The number of rotatable bonds is 5. The molecule has 1 rings (SSSR count). The molecule has 0 aromatic heterocycles. The molecule has 0 heterocycles. The standard InChI is InChI=1S/C12H20N2O/c1-9-7-12(15-3)10(2)6-11(9)4-5-14-8-13/h6-7,14H,4-5,8,13H2,1-3H3. The maximum Gasteiger partial charge on any atom is 0.122 e. The van der Waals surface area contributed by atoms with Gasteiger partial charge in [0.05, 0.1) is 7.11 Å². The van der Waals surface area contributed by atoms with Crippen molar-refractivity contribution in [3.05, 3.63) is 28.8 Å². The summed E-state index contributed by atoms with van der Waals surface area (Å²) in [6, 6.07) is 4.28. The molecule has 0 unspecified atom stereocenters. The number of benzene rings is 1. The summed E-state index contributed by atoms with van der Waals surface area (Å²) in [5, 5.41) is 3.12. The molecule has 0 amide bonds. The highest BCUT2D eigenvalue weighted by molar-refractivity contribution is 5.41. The number of aryl methyl sites for hydroxylation is 2. The zero-order chi connectivity index (χ0) is 11.3. The lowest BCUT2D eigenvalue weighted by Gasteiger charge is -2.11. The Bertz CT molecular complexity index is 324. The molecular formula is C12H20N2O. The number of methoxy groups -OCH3 is 1. The van der Waals surface area contributed by atoms with Crippen LogP contribution in [0.25, 0.3) is 0 Å². The maximum absolute atomic E-state index is 5.38. The Hall–Kier alpha value is -1.06. The number of ether oxygens (including phenoxy) is 1. The molecule has 0 aliphatic heterocycles. The molecule has 3 heteroatoms. The van der Waals surface area contributed by atoms with Crippen molar-refractivity contribution >= 4 is 0 Å². The van der Waals surface area contributed by atoms with Crippen molar-refractivity contribution in [2.75, 3.05) is 20.3 Å². The van der Waals surface area contributed by atoms with Crippen LogP contribution in [-0.4, -0.2) is 20.3 Å². The molecule has 15 heavy (non-hydrogen) atoms. The van der Waals surface area contributed by atoms with Crippen molar-refractivity contribution in [3.8, 4) is 5.75 Å². The zero-order valence-corrected chi connectivity index (χ0v) is 9.76. The predicted molar refractivity (Wildman–Crippen MR) is 63.2 cm³/mol. The highest BCUT2D eigenvalue weighted by Crippen LogP contribution is 2.22. The lowest BCUT2D eigenvalue weighted by Crippen LogP contribution is -2.24. The third-order valence-corrected chi connectivity index (χ3v) is 2.57. The van der Waals surface area contributed by atoms with Gasteiger partial charge in [0.2, 0.25) is 0 Å². The third kappa shape index (κ3) is 3.22. The fourth-order valence-corrected chi connectivity index (χ4v) is 1.66. The maximum atomic E-state index is 5.38.